The molecule has 1 aliphatic rings. The Morgan fingerprint density at radius 3 is 2.88 bits per heavy atom. The van der Waals surface area contributed by atoms with E-state index in [4.69, 9.17) is 14.2 Å². The molecule has 1 aromatic carbocycles. The van der Waals surface area contributed by atoms with E-state index < -0.39 is 5.60 Å². The van der Waals surface area contributed by atoms with E-state index in [2.05, 4.69) is 22.9 Å². The molecule has 4 nitrogen and oxygen atoms in total. The number of rotatable bonds is 5. The summed E-state index contributed by atoms with van der Waals surface area (Å²) >= 11 is 0. The van der Waals surface area contributed by atoms with Crippen molar-refractivity contribution in [1.29, 1.82) is 0 Å². The third-order valence-electron chi connectivity index (χ3n) is 4.70. The van der Waals surface area contributed by atoms with Gasteiger partial charge in [0.2, 0.25) is 0 Å². The van der Waals surface area contributed by atoms with Gasteiger partial charge >= 0.3 is 0 Å². The fourth-order valence-corrected chi connectivity index (χ4v) is 3.47. The van der Waals surface area contributed by atoms with Crippen molar-refractivity contribution >= 4 is 0 Å². The molecule has 1 aliphatic carbocycles. The van der Waals surface area contributed by atoms with Crippen molar-refractivity contribution in [2.24, 2.45) is 0 Å². The second-order valence-corrected chi connectivity index (χ2v) is 6.04. The molecule has 1 fully saturated rings. The average Bonchev–Trinajstić information content (AvgIpc) is 3.10. The first-order valence-electron chi connectivity index (χ1n) is 8.50. The second kappa shape index (κ2) is 8.15. The van der Waals surface area contributed by atoms with Crippen LogP contribution in [0.3, 0.4) is 0 Å². The summed E-state index contributed by atoms with van der Waals surface area (Å²) in [6.07, 6.45) is 4.84. The third-order valence-corrected chi connectivity index (χ3v) is 4.70. The highest BCUT2D eigenvalue weighted by molar-refractivity contribution is 5.35. The molecule has 2 atom stereocenters. The molecular formula is C21H23NO3. The second-order valence-electron chi connectivity index (χ2n) is 6.04. The van der Waals surface area contributed by atoms with Gasteiger partial charge in [0.25, 0.3) is 0 Å². The highest BCUT2D eigenvalue weighted by atomic mass is 16.5. The van der Waals surface area contributed by atoms with Crippen LogP contribution in [0.2, 0.25) is 0 Å². The number of pyridine rings is 1. The molecule has 4 heteroatoms. The minimum absolute atomic E-state index is 0.0664. The van der Waals surface area contributed by atoms with E-state index in [-0.39, 0.29) is 6.10 Å². The van der Waals surface area contributed by atoms with E-state index >= 15 is 0 Å². The minimum atomic E-state index is -0.395. The molecule has 0 saturated heterocycles. The lowest BCUT2D eigenvalue weighted by Crippen LogP contribution is -2.37. The standard InChI is InChI=1S/C21H23NO3/c1-23-20-12-6-13-21(20,24-2)17-8-5-11-19(16-17)25-15-7-10-18-9-3-4-14-22-18/h3-5,8-9,11,14,16,20H,6,12-13,15H2,1-2H3/t20-,21-/m1/s1. The Balaban J connectivity index is 1.70. The summed E-state index contributed by atoms with van der Waals surface area (Å²) in [7, 11) is 3.50. The van der Waals surface area contributed by atoms with Crippen molar-refractivity contribution in [3.8, 4) is 17.6 Å². The van der Waals surface area contributed by atoms with Crippen LogP contribution in [0.5, 0.6) is 5.75 Å². The lowest BCUT2D eigenvalue weighted by molar-refractivity contribution is -0.104. The van der Waals surface area contributed by atoms with Crippen molar-refractivity contribution < 1.29 is 14.2 Å². The highest BCUT2D eigenvalue weighted by Crippen LogP contribution is 2.44. The molecule has 1 heterocycles. The van der Waals surface area contributed by atoms with E-state index in [1.54, 1.807) is 20.4 Å². The van der Waals surface area contributed by atoms with Crippen molar-refractivity contribution in [3.63, 3.8) is 0 Å². The zero-order chi connectivity index (χ0) is 17.5. The van der Waals surface area contributed by atoms with Crippen LogP contribution in [-0.2, 0) is 15.1 Å². The van der Waals surface area contributed by atoms with Gasteiger partial charge in [0.15, 0.2) is 0 Å². The summed E-state index contributed by atoms with van der Waals surface area (Å²) < 4.78 is 17.4. The first kappa shape index (κ1) is 17.5. The summed E-state index contributed by atoms with van der Waals surface area (Å²) in [6, 6.07) is 13.7. The zero-order valence-corrected chi connectivity index (χ0v) is 14.7. The van der Waals surface area contributed by atoms with Crippen LogP contribution in [0.15, 0.2) is 48.7 Å². The van der Waals surface area contributed by atoms with Crippen molar-refractivity contribution in [2.45, 2.75) is 31.0 Å². The smallest absolute Gasteiger partial charge is 0.149 e. The van der Waals surface area contributed by atoms with Crippen LogP contribution in [0, 0.1) is 11.8 Å². The molecule has 1 aromatic heterocycles. The maximum atomic E-state index is 5.91. The van der Waals surface area contributed by atoms with Crippen LogP contribution in [0.25, 0.3) is 0 Å². The van der Waals surface area contributed by atoms with E-state index in [0.717, 1.165) is 36.3 Å². The molecule has 0 aliphatic heterocycles. The molecule has 2 aromatic rings. The van der Waals surface area contributed by atoms with Gasteiger partial charge in [-0.3, -0.25) is 0 Å². The Hall–Kier alpha value is -2.35. The van der Waals surface area contributed by atoms with E-state index in [9.17, 15) is 0 Å². The van der Waals surface area contributed by atoms with Gasteiger partial charge in [-0.05, 0) is 55.0 Å². The fourth-order valence-electron chi connectivity index (χ4n) is 3.47. The quantitative estimate of drug-likeness (QED) is 0.782. The zero-order valence-electron chi connectivity index (χ0n) is 14.7. The number of aromatic nitrogens is 1. The monoisotopic (exact) mass is 337 g/mol. The van der Waals surface area contributed by atoms with E-state index in [1.807, 2.05) is 36.4 Å². The average molecular weight is 337 g/mol. The molecule has 25 heavy (non-hydrogen) atoms. The van der Waals surface area contributed by atoms with Crippen molar-refractivity contribution in [2.75, 3.05) is 20.8 Å². The number of nitrogens with zero attached hydrogens (tertiary/aromatic N) is 1. The Morgan fingerprint density at radius 2 is 2.12 bits per heavy atom. The predicted octanol–water partition coefficient (Wildman–Crippen LogP) is 3.55. The molecular weight excluding hydrogens is 314 g/mol. The largest absolute Gasteiger partial charge is 0.481 e. The van der Waals surface area contributed by atoms with Crippen molar-refractivity contribution in [1.82, 2.24) is 4.98 Å². The summed E-state index contributed by atoms with van der Waals surface area (Å²) in [5.41, 5.74) is 1.44. The van der Waals surface area contributed by atoms with Crippen molar-refractivity contribution in [3.05, 3.63) is 59.9 Å². The fraction of sp³-hybridized carbons (Fsp3) is 0.381. The van der Waals surface area contributed by atoms with Crippen LogP contribution >= 0.6 is 0 Å². The van der Waals surface area contributed by atoms with Crippen LogP contribution in [0.4, 0.5) is 0 Å². The van der Waals surface area contributed by atoms with Gasteiger partial charge in [-0.15, -0.1) is 0 Å². The molecule has 0 unspecified atom stereocenters. The first-order valence-corrected chi connectivity index (χ1v) is 8.50. The van der Waals surface area contributed by atoms with Gasteiger partial charge in [-0.25, -0.2) is 4.98 Å². The summed E-state index contributed by atoms with van der Waals surface area (Å²) in [4.78, 5) is 4.17. The molecule has 0 N–H and O–H groups in total. The lowest BCUT2D eigenvalue weighted by Gasteiger charge is -2.34. The Labute approximate surface area is 149 Å². The van der Waals surface area contributed by atoms with Gasteiger partial charge in [0.05, 0.1) is 6.10 Å². The Bertz CT molecular complexity index is 750. The molecule has 0 amide bonds. The summed E-state index contributed by atoms with van der Waals surface area (Å²) in [5, 5.41) is 0. The third kappa shape index (κ3) is 3.84. The summed E-state index contributed by atoms with van der Waals surface area (Å²) in [5.74, 6) is 6.76. The predicted molar refractivity (Wildman–Crippen MR) is 96.4 cm³/mol. The SMILES string of the molecule is CO[C@@H]1CCC[C@@]1(OC)c1cccc(OCC#Cc2ccccn2)c1. The van der Waals surface area contributed by atoms with E-state index in [1.165, 1.54) is 0 Å². The van der Waals surface area contributed by atoms with Gasteiger partial charge in [0, 0.05) is 20.4 Å². The molecule has 3 rings (SSSR count). The maximum Gasteiger partial charge on any atom is 0.149 e. The highest BCUT2D eigenvalue weighted by Gasteiger charge is 2.45. The van der Waals surface area contributed by atoms with Gasteiger partial charge in [-0.2, -0.15) is 0 Å². The topological polar surface area (TPSA) is 40.6 Å². The molecule has 0 bridgehead atoms. The number of ether oxygens (including phenoxy) is 3. The Kier molecular flexibility index (Phi) is 5.70. The Morgan fingerprint density at radius 1 is 1.20 bits per heavy atom. The maximum absolute atomic E-state index is 5.91. The number of hydrogen-bond acceptors (Lipinski definition) is 4. The van der Waals surface area contributed by atoms with Crippen LogP contribution < -0.4 is 4.74 Å². The lowest BCUT2D eigenvalue weighted by atomic mass is 9.89. The first-order chi connectivity index (χ1) is 12.3. The number of hydrogen-bond donors (Lipinski definition) is 0. The van der Waals surface area contributed by atoms with Crippen LogP contribution in [-0.4, -0.2) is 31.9 Å². The number of methoxy groups -OCH3 is 2. The minimum Gasteiger partial charge on any atom is -0.481 e. The molecule has 0 radical (unpaired) electrons. The van der Waals surface area contributed by atoms with Gasteiger partial charge < -0.3 is 14.2 Å². The van der Waals surface area contributed by atoms with Crippen LogP contribution in [0.1, 0.15) is 30.5 Å². The molecule has 0 spiro atoms. The number of benzene rings is 1. The molecule has 130 valence electrons. The van der Waals surface area contributed by atoms with Gasteiger partial charge in [0.1, 0.15) is 23.7 Å². The normalized spacial score (nSPS) is 22.2. The van der Waals surface area contributed by atoms with E-state index in [0.29, 0.717) is 6.61 Å². The van der Waals surface area contributed by atoms with Gasteiger partial charge in [-0.1, -0.05) is 24.1 Å². The summed E-state index contributed by atoms with van der Waals surface area (Å²) in [6.45, 7) is 0.313. The molecule has 1 saturated carbocycles.